The van der Waals surface area contributed by atoms with E-state index in [1.807, 2.05) is 6.07 Å². The van der Waals surface area contributed by atoms with Gasteiger partial charge in [-0.3, -0.25) is 5.10 Å². The summed E-state index contributed by atoms with van der Waals surface area (Å²) in [5, 5.41) is 6.44. The van der Waals surface area contributed by atoms with Gasteiger partial charge in [-0.1, -0.05) is 18.2 Å². The second-order valence-electron chi connectivity index (χ2n) is 2.92. The molecule has 0 atom stereocenters. The van der Waals surface area contributed by atoms with Crippen LogP contribution in [-0.2, 0) is 0 Å². The summed E-state index contributed by atoms with van der Waals surface area (Å²) in [6, 6.07) is 5.33. The molecule has 1 aromatic heterocycles. The SMILES string of the molecule is Cc1cccc(-c2cn[nH]c2)c1F. The summed E-state index contributed by atoms with van der Waals surface area (Å²) < 4.78 is 13.5. The lowest BCUT2D eigenvalue weighted by atomic mass is 10.1. The Morgan fingerprint density at radius 2 is 2.23 bits per heavy atom. The quantitative estimate of drug-likeness (QED) is 0.710. The van der Waals surface area contributed by atoms with Crippen LogP contribution in [0.25, 0.3) is 11.1 Å². The Bertz CT molecular complexity index is 407. The molecule has 2 rings (SSSR count). The van der Waals surface area contributed by atoms with Crippen molar-refractivity contribution in [2.45, 2.75) is 6.92 Å². The molecule has 13 heavy (non-hydrogen) atoms. The van der Waals surface area contributed by atoms with E-state index in [9.17, 15) is 4.39 Å². The molecule has 0 spiro atoms. The van der Waals surface area contributed by atoms with Gasteiger partial charge in [-0.2, -0.15) is 5.10 Å². The first-order chi connectivity index (χ1) is 6.29. The van der Waals surface area contributed by atoms with Crippen LogP contribution >= 0.6 is 0 Å². The highest BCUT2D eigenvalue weighted by Crippen LogP contribution is 2.23. The maximum atomic E-state index is 13.5. The number of nitrogens with one attached hydrogen (secondary N) is 1. The number of nitrogens with zero attached hydrogens (tertiary/aromatic N) is 1. The topological polar surface area (TPSA) is 28.7 Å². The van der Waals surface area contributed by atoms with E-state index in [2.05, 4.69) is 10.2 Å². The van der Waals surface area contributed by atoms with Crippen molar-refractivity contribution in [2.24, 2.45) is 0 Å². The van der Waals surface area contributed by atoms with E-state index in [1.165, 1.54) is 0 Å². The van der Waals surface area contributed by atoms with Crippen LogP contribution < -0.4 is 0 Å². The van der Waals surface area contributed by atoms with Crippen LogP contribution in [-0.4, -0.2) is 10.2 Å². The third kappa shape index (κ3) is 1.33. The molecule has 0 aliphatic rings. The maximum Gasteiger partial charge on any atom is 0.134 e. The summed E-state index contributed by atoms with van der Waals surface area (Å²) in [6.45, 7) is 1.75. The van der Waals surface area contributed by atoms with Crippen molar-refractivity contribution in [2.75, 3.05) is 0 Å². The molecule has 0 aliphatic carbocycles. The first-order valence-corrected chi connectivity index (χ1v) is 4.03. The van der Waals surface area contributed by atoms with E-state index in [4.69, 9.17) is 0 Å². The summed E-state index contributed by atoms with van der Waals surface area (Å²) in [5.41, 5.74) is 2.02. The minimum atomic E-state index is -0.177. The zero-order valence-electron chi connectivity index (χ0n) is 7.21. The highest BCUT2D eigenvalue weighted by molar-refractivity contribution is 5.63. The number of rotatable bonds is 1. The minimum absolute atomic E-state index is 0.177. The fraction of sp³-hybridized carbons (Fsp3) is 0.100. The van der Waals surface area contributed by atoms with Crippen LogP contribution in [0.3, 0.4) is 0 Å². The lowest BCUT2D eigenvalue weighted by Crippen LogP contribution is -1.86. The highest BCUT2D eigenvalue weighted by atomic mass is 19.1. The molecule has 0 radical (unpaired) electrons. The standard InChI is InChI=1S/C10H9FN2/c1-7-3-2-4-9(10(7)11)8-5-12-13-6-8/h2-6H,1H3,(H,12,13). The van der Waals surface area contributed by atoms with Gasteiger partial charge in [0.25, 0.3) is 0 Å². The van der Waals surface area contributed by atoms with Crippen LogP contribution in [0.4, 0.5) is 4.39 Å². The molecule has 0 saturated carbocycles. The number of aromatic amines is 1. The second kappa shape index (κ2) is 3.01. The van der Waals surface area contributed by atoms with E-state index in [-0.39, 0.29) is 5.82 Å². The Labute approximate surface area is 75.4 Å². The largest absolute Gasteiger partial charge is 0.285 e. The number of hydrogen-bond donors (Lipinski definition) is 1. The van der Waals surface area contributed by atoms with E-state index in [0.717, 1.165) is 5.56 Å². The number of hydrogen-bond acceptors (Lipinski definition) is 1. The molecule has 0 amide bonds. The third-order valence-corrected chi connectivity index (χ3v) is 2.00. The normalized spacial score (nSPS) is 10.3. The van der Waals surface area contributed by atoms with Gasteiger partial charge in [0, 0.05) is 17.3 Å². The average molecular weight is 176 g/mol. The van der Waals surface area contributed by atoms with E-state index in [0.29, 0.717) is 11.1 Å². The molecule has 66 valence electrons. The van der Waals surface area contributed by atoms with Gasteiger partial charge >= 0.3 is 0 Å². The smallest absolute Gasteiger partial charge is 0.134 e. The van der Waals surface area contributed by atoms with Gasteiger partial charge in [-0.05, 0) is 12.5 Å². The molecule has 1 heterocycles. The third-order valence-electron chi connectivity index (χ3n) is 2.00. The first kappa shape index (κ1) is 7.98. The first-order valence-electron chi connectivity index (χ1n) is 4.03. The Kier molecular flexibility index (Phi) is 1.85. The molecular weight excluding hydrogens is 167 g/mol. The lowest BCUT2D eigenvalue weighted by Gasteiger charge is -2.01. The molecular formula is C10H9FN2. The van der Waals surface area contributed by atoms with Crippen molar-refractivity contribution < 1.29 is 4.39 Å². The Morgan fingerprint density at radius 1 is 1.38 bits per heavy atom. The average Bonchev–Trinajstić information content (AvgIpc) is 2.62. The monoisotopic (exact) mass is 176 g/mol. The van der Waals surface area contributed by atoms with Crippen molar-refractivity contribution in [3.63, 3.8) is 0 Å². The Hall–Kier alpha value is -1.64. The van der Waals surface area contributed by atoms with E-state index < -0.39 is 0 Å². The number of aromatic nitrogens is 2. The van der Waals surface area contributed by atoms with Gasteiger partial charge in [-0.25, -0.2) is 4.39 Å². The Balaban J connectivity index is 2.59. The van der Waals surface area contributed by atoms with Crippen LogP contribution in [0.5, 0.6) is 0 Å². The van der Waals surface area contributed by atoms with Gasteiger partial charge in [0.2, 0.25) is 0 Å². The van der Waals surface area contributed by atoms with Gasteiger partial charge in [0.1, 0.15) is 5.82 Å². The van der Waals surface area contributed by atoms with Crippen LogP contribution in [0.15, 0.2) is 30.6 Å². The predicted molar refractivity (Wildman–Crippen MR) is 48.7 cm³/mol. The molecule has 3 heteroatoms. The molecule has 0 saturated heterocycles. The number of H-pyrrole nitrogens is 1. The van der Waals surface area contributed by atoms with Gasteiger partial charge in [0.05, 0.1) is 6.20 Å². The zero-order valence-corrected chi connectivity index (χ0v) is 7.21. The summed E-state index contributed by atoms with van der Waals surface area (Å²) in [7, 11) is 0. The highest BCUT2D eigenvalue weighted by Gasteiger charge is 2.06. The molecule has 1 aromatic carbocycles. The number of aryl methyl sites for hydroxylation is 1. The number of benzene rings is 1. The molecule has 0 bridgehead atoms. The van der Waals surface area contributed by atoms with Crippen molar-refractivity contribution in [1.82, 2.24) is 10.2 Å². The molecule has 1 N–H and O–H groups in total. The maximum absolute atomic E-state index is 13.5. The van der Waals surface area contributed by atoms with Crippen LogP contribution in [0.2, 0.25) is 0 Å². The second-order valence-corrected chi connectivity index (χ2v) is 2.92. The summed E-state index contributed by atoms with van der Waals surface area (Å²) >= 11 is 0. The molecule has 2 aromatic rings. The van der Waals surface area contributed by atoms with Crippen molar-refractivity contribution in [3.8, 4) is 11.1 Å². The summed E-state index contributed by atoms with van der Waals surface area (Å²) in [6.07, 6.45) is 3.29. The van der Waals surface area contributed by atoms with Crippen molar-refractivity contribution in [1.29, 1.82) is 0 Å². The van der Waals surface area contributed by atoms with Crippen LogP contribution in [0, 0.1) is 12.7 Å². The predicted octanol–water partition coefficient (Wildman–Crippen LogP) is 2.52. The number of halogens is 1. The van der Waals surface area contributed by atoms with Crippen LogP contribution in [0.1, 0.15) is 5.56 Å². The zero-order chi connectivity index (χ0) is 9.26. The summed E-state index contributed by atoms with van der Waals surface area (Å²) in [5.74, 6) is -0.177. The fourth-order valence-electron chi connectivity index (χ4n) is 1.27. The molecule has 0 aliphatic heterocycles. The Morgan fingerprint density at radius 3 is 2.92 bits per heavy atom. The van der Waals surface area contributed by atoms with Crippen molar-refractivity contribution >= 4 is 0 Å². The molecule has 2 nitrogen and oxygen atoms in total. The fourth-order valence-corrected chi connectivity index (χ4v) is 1.27. The summed E-state index contributed by atoms with van der Waals surface area (Å²) in [4.78, 5) is 0. The van der Waals surface area contributed by atoms with E-state index in [1.54, 1.807) is 31.5 Å². The molecule has 0 fully saturated rings. The van der Waals surface area contributed by atoms with Gasteiger partial charge < -0.3 is 0 Å². The minimum Gasteiger partial charge on any atom is -0.285 e. The van der Waals surface area contributed by atoms with Gasteiger partial charge in [0.15, 0.2) is 0 Å². The lowest BCUT2D eigenvalue weighted by molar-refractivity contribution is 0.622. The van der Waals surface area contributed by atoms with Crippen molar-refractivity contribution in [3.05, 3.63) is 42.0 Å². The van der Waals surface area contributed by atoms with E-state index >= 15 is 0 Å². The van der Waals surface area contributed by atoms with Gasteiger partial charge in [-0.15, -0.1) is 0 Å². The molecule has 0 unspecified atom stereocenters.